The molecular formula is C31H34N4O5. The van der Waals surface area contributed by atoms with E-state index < -0.39 is 47.9 Å². The molecule has 2 unspecified atom stereocenters. The summed E-state index contributed by atoms with van der Waals surface area (Å²) in [6.07, 6.45) is 4.34. The number of aryl methyl sites for hydroxylation is 2. The molecule has 0 fully saturated rings. The van der Waals surface area contributed by atoms with Crippen LogP contribution < -0.4 is 16.4 Å². The molecule has 0 radical (unpaired) electrons. The minimum Gasteiger partial charge on any atom is -0.444 e. The molecule has 0 aliphatic carbocycles. The van der Waals surface area contributed by atoms with Crippen LogP contribution in [-0.4, -0.2) is 40.4 Å². The summed E-state index contributed by atoms with van der Waals surface area (Å²) in [5, 5.41) is 7.17. The molecule has 4 N–H and O–H groups in total. The zero-order valence-electron chi connectivity index (χ0n) is 23.3. The summed E-state index contributed by atoms with van der Waals surface area (Å²) < 4.78 is 5.25. The van der Waals surface area contributed by atoms with Gasteiger partial charge < -0.3 is 21.1 Å². The van der Waals surface area contributed by atoms with Crippen molar-refractivity contribution in [2.45, 2.75) is 58.7 Å². The Kier molecular flexibility index (Phi) is 9.17. The zero-order valence-corrected chi connectivity index (χ0v) is 23.3. The van der Waals surface area contributed by atoms with E-state index in [1.807, 2.05) is 42.5 Å². The van der Waals surface area contributed by atoms with Gasteiger partial charge in [0, 0.05) is 11.7 Å². The summed E-state index contributed by atoms with van der Waals surface area (Å²) in [6, 6.07) is 18.1. The number of rotatable bonds is 8. The molecule has 40 heavy (non-hydrogen) atoms. The van der Waals surface area contributed by atoms with E-state index in [0.29, 0.717) is 11.3 Å². The summed E-state index contributed by atoms with van der Waals surface area (Å²) in [4.78, 5) is 53.0. The van der Waals surface area contributed by atoms with Crippen molar-refractivity contribution < 1.29 is 23.9 Å². The van der Waals surface area contributed by atoms with Gasteiger partial charge in [0.2, 0.25) is 5.91 Å². The lowest BCUT2D eigenvalue weighted by molar-refractivity contribution is -0.138. The fraction of sp³-hybridized carbons (Fsp3) is 0.290. The Morgan fingerprint density at radius 1 is 0.975 bits per heavy atom. The standard InChI is InChI=1S/C31H34N4O5/c1-7-35(29(38)24(18-25(32)36)34-30(39)40-31(4,5)6)27(26-19(2)11-10-12-20(26)3)28(37)33-23-16-15-21-13-8-9-14-22(21)17-23/h1,8-17,24,27H,18H2,2-6H3,(H2,32,36)(H,33,37)(H,34,39). The second-order valence-corrected chi connectivity index (χ2v) is 10.5. The number of primary amides is 1. The Labute approximate surface area is 234 Å². The largest absolute Gasteiger partial charge is 0.444 e. The minimum absolute atomic E-state index is 0.505. The molecule has 9 nitrogen and oxygen atoms in total. The molecule has 3 aromatic rings. The molecule has 0 aromatic heterocycles. The van der Waals surface area contributed by atoms with E-state index in [1.165, 1.54) is 0 Å². The SMILES string of the molecule is C#CN(C(=O)C(CC(N)=O)NC(=O)OC(C)(C)C)C(C(=O)Nc1ccc2ccccc2c1)c1c(C)cccc1C. The monoisotopic (exact) mass is 542 g/mol. The number of amides is 4. The van der Waals surface area contributed by atoms with Gasteiger partial charge in [0.05, 0.1) is 6.42 Å². The number of benzene rings is 3. The highest BCUT2D eigenvalue weighted by Gasteiger charge is 2.38. The lowest BCUT2D eigenvalue weighted by Gasteiger charge is -2.31. The van der Waals surface area contributed by atoms with E-state index in [-0.39, 0.29) is 0 Å². The molecule has 0 spiro atoms. The van der Waals surface area contributed by atoms with Crippen LogP contribution >= 0.6 is 0 Å². The van der Waals surface area contributed by atoms with Crippen LogP contribution in [0.25, 0.3) is 10.8 Å². The van der Waals surface area contributed by atoms with Crippen molar-refractivity contribution in [2.75, 3.05) is 5.32 Å². The average Bonchev–Trinajstić information content (AvgIpc) is 2.86. The quantitative estimate of drug-likeness (QED) is 0.288. The van der Waals surface area contributed by atoms with Crippen LogP contribution in [0.2, 0.25) is 0 Å². The van der Waals surface area contributed by atoms with E-state index in [1.54, 1.807) is 52.8 Å². The van der Waals surface area contributed by atoms with E-state index >= 15 is 0 Å². The summed E-state index contributed by atoms with van der Waals surface area (Å²) in [6.45, 7) is 8.56. The van der Waals surface area contributed by atoms with Crippen LogP contribution in [0.1, 0.15) is 49.9 Å². The minimum atomic E-state index is -1.47. The number of terminal acetylenes is 1. The molecule has 4 amide bonds. The van der Waals surface area contributed by atoms with Crippen LogP contribution in [0.15, 0.2) is 60.7 Å². The highest BCUT2D eigenvalue weighted by Crippen LogP contribution is 2.30. The Hall–Kier alpha value is -4.84. The van der Waals surface area contributed by atoms with Crippen molar-refractivity contribution in [3.63, 3.8) is 0 Å². The third-order valence-corrected chi connectivity index (χ3v) is 6.11. The Balaban J connectivity index is 2.04. The highest BCUT2D eigenvalue weighted by molar-refractivity contribution is 6.01. The fourth-order valence-corrected chi connectivity index (χ4v) is 4.40. The highest BCUT2D eigenvalue weighted by atomic mass is 16.6. The summed E-state index contributed by atoms with van der Waals surface area (Å²) in [5.41, 5.74) is 6.98. The number of alkyl carbamates (subject to hydrolysis) is 1. The molecule has 0 aliphatic heterocycles. The van der Waals surface area contributed by atoms with Gasteiger partial charge in [-0.05, 0) is 74.2 Å². The first-order valence-electron chi connectivity index (χ1n) is 12.7. The number of anilines is 1. The molecule has 3 aromatic carbocycles. The summed E-state index contributed by atoms with van der Waals surface area (Å²) >= 11 is 0. The topological polar surface area (TPSA) is 131 Å². The number of nitrogens with one attached hydrogen (secondary N) is 2. The van der Waals surface area contributed by atoms with Crippen molar-refractivity contribution in [1.82, 2.24) is 10.2 Å². The molecule has 0 bridgehead atoms. The van der Waals surface area contributed by atoms with Gasteiger partial charge in [-0.15, -0.1) is 0 Å². The molecule has 0 saturated carbocycles. The molecule has 0 saturated heterocycles. The Morgan fingerprint density at radius 3 is 2.17 bits per heavy atom. The lowest BCUT2D eigenvalue weighted by Crippen LogP contribution is -2.52. The smallest absolute Gasteiger partial charge is 0.408 e. The van der Waals surface area contributed by atoms with Crippen molar-refractivity contribution in [2.24, 2.45) is 5.73 Å². The van der Waals surface area contributed by atoms with E-state index in [9.17, 15) is 19.2 Å². The van der Waals surface area contributed by atoms with Crippen LogP contribution in [0.4, 0.5) is 10.5 Å². The van der Waals surface area contributed by atoms with E-state index in [4.69, 9.17) is 16.9 Å². The van der Waals surface area contributed by atoms with Gasteiger partial charge in [-0.25, -0.2) is 4.79 Å². The van der Waals surface area contributed by atoms with Crippen molar-refractivity contribution in [3.05, 3.63) is 77.4 Å². The first-order chi connectivity index (χ1) is 18.8. The number of ether oxygens (including phenoxy) is 1. The molecule has 2 atom stereocenters. The third kappa shape index (κ3) is 7.38. The molecular weight excluding hydrogens is 508 g/mol. The van der Waals surface area contributed by atoms with Gasteiger partial charge in [-0.1, -0.05) is 55.0 Å². The van der Waals surface area contributed by atoms with Gasteiger partial charge in [0.15, 0.2) is 0 Å². The maximum absolute atomic E-state index is 13.9. The van der Waals surface area contributed by atoms with Crippen LogP contribution in [0, 0.1) is 26.3 Å². The number of nitrogens with zero attached hydrogens (tertiary/aromatic N) is 1. The molecule has 3 rings (SSSR count). The molecule has 0 heterocycles. The van der Waals surface area contributed by atoms with Gasteiger partial charge in [-0.2, -0.15) is 0 Å². The summed E-state index contributed by atoms with van der Waals surface area (Å²) in [7, 11) is 0. The number of hydrogen-bond acceptors (Lipinski definition) is 5. The predicted octanol–water partition coefficient (Wildman–Crippen LogP) is 4.32. The number of hydrogen-bond donors (Lipinski definition) is 3. The van der Waals surface area contributed by atoms with Crippen LogP contribution in [0.3, 0.4) is 0 Å². The predicted molar refractivity (Wildman–Crippen MR) is 154 cm³/mol. The number of carbonyl (C=O) groups excluding carboxylic acids is 4. The van der Waals surface area contributed by atoms with Gasteiger partial charge in [0.1, 0.15) is 17.7 Å². The van der Waals surface area contributed by atoms with Gasteiger partial charge in [-0.3, -0.25) is 19.3 Å². The number of carbonyl (C=O) groups is 4. The first-order valence-corrected chi connectivity index (χ1v) is 12.7. The van der Waals surface area contributed by atoms with Crippen molar-refractivity contribution in [1.29, 1.82) is 0 Å². The fourth-order valence-electron chi connectivity index (χ4n) is 4.40. The first kappa shape index (κ1) is 29.7. The zero-order chi connectivity index (χ0) is 29.6. The maximum atomic E-state index is 13.9. The average molecular weight is 543 g/mol. The maximum Gasteiger partial charge on any atom is 0.408 e. The van der Waals surface area contributed by atoms with Crippen LogP contribution in [-0.2, 0) is 19.1 Å². The van der Waals surface area contributed by atoms with Gasteiger partial charge >= 0.3 is 6.09 Å². The second-order valence-electron chi connectivity index (χ2n) is 10.5. The van der Waals surface area contributed by atoms with Crippen LogP contribution in [0.5, 0.6) is 0 Å². The molecule has 9 heteroatoms. The van der Waals surface area contributed by atoms with E-state index in [0.717, 1.165) is 26.8 Å². The van der Waals surface area contributed by atoms with E-state index in [2.05, 4.69) is 16.7 Å². The third-order valence-electron chi connectivity index (χ3n) is 6.11. The molecule has 208 valence electrons. The lowest BCUT2D eigenvalue weighted by atomic mass is 9.93. The number of nitrogens with two attached hydrogens (primary N) is 1. The Morgan fingerprint density at radius 2 is 1.60 bits per heavy atom. The number of fused-ring (bicyclic) bond motifs is 1. The second kappa shape index (κ2) is 12.3. The summed E-state index contributed by atoms with van der Waals surface area (Å²) in [5.74, 6) is -2.29. The molecule has 0 aliphatic rings. The Bertz CT molecular complexity index is 1460. The van der Waals surface area contributed by atoms with Crippen molar-refractivity contribution >= 4 is 40.3 Å². The normalized spacial score (nSPS) is 12.5. The van der Waals surface area contributed by atoms with Crippen molar-refractivity contribution in [3.8, 4) is 12.5 Å². The van der Waals surface area contributed by atoms with Gasteiger partial charge in [0.25, 0.3) is 11.8 Å².